The third-order valence-corrected chi connectivity index (χ3v) is 3.34. The van der Waals surface area contributed by atoms with Crippen molar-refractivity contribution in [1.82, 2.24) is 19.9 Å². The van der Waals surface area contributed by atoms with Gasteiger partial charge in [-0.1, -0.05) is 17.8 Å². The Bertz CT molecular complexity index is 747. The second kappa shape index (κ2) is 5.97. The van der Waals surface area contributed by atoms with E-state index >= 15 is 0 Å². The molecule has 21 heavy (non-hydrogen) atoms. The van der Waals surface area contributed by atoms with E-state index in [1.807, 2.05) is 24.5 Å². The average Bonchev–Trinajstić information content (AvgIpc) is 2.56. The Morgan fingerprint density at radius 3 is 2.33 bits per heavy atom. The van der Waals surface area contributed by atoms with Crippen LogP contribution in [0.2, 0.25) is 0 Å². The van der Waals surface area contributed by atoms with Gasteiger partial charge in [0.15, 0.2) is 16.8 Å². The molecule has 0 aliphatic heterocycles. The van der Waals surface area contributed by atoms with Crippen molar-refractivity contribution in [2.75, 3.05) is 6.26 Å². The zero-order chi connectivity index (χ0) is 14.7. The molecule has 1 aromatic carbocycles. The van der Waals surface area contributed by atoms with E-state index in [4.69, 9.17) is 0 Å². The molecular formula is C15H11FN4S. The average molecular weight is 298 g/mol. The highest BCUT2D eigenvalue weighted by molar-refractivity contribution is 7.98. The molecule has 0 amide bonds. The summed E-state index contributed by atoms with van der Waals surface area (Å²) in [7, 11) is 0. The Kier molecular flexibility index (Phi) is 3.87. The molecule has 0 fully saturated rings. The van der Waals surface area contributed by atoms with Gasteiger partial charge in [-0.3, -0.25) is 4.98 Å². The van der Waals surface area contributed by atoms with E-state index in [1.165, 1.54) is 23.9 Å². The standard InChI is InChI=1S/C15H11FN4S/c1-21-15-19-13(10-5-7-11(16)8-6-10)18-14(20-15)12-4-2-3-9-17-12/h2-9H,1H3. The van der Waals surface area contributed by atoms with Crippen LogP contribution >= 0.6 is 11.8 Å². The quantitative estimate of drug-likeness (QED) is 0.693. The summed E-state index contributed by atoms with van der Waals surface area (Å²) in [5.74, 6) is 0.729. The summed E-state index contributed by atoms with van der Waals surface area (Å²) in [6, 6.07) is 11.6. The van der Waals surface area contributed by atoms with Gasteiger partial charge in [-0.15, -0.1) is 0 Å². The van der Waals surface area contributed by atoms with Crippen molar-refractivity contribution in [3.63, 3.8) is 0 Å². The summed E-state index contributed by atoms with van der Waals surface area (Å²) >= 11 is 1.43. The maximum Gasteiger partial charge on any atom is 0.191 e. The Labute approximate surface area is 125 Å². The first-order chi connectivity index (χ1) is 10.3. The lowest BCUT2D eigenvalue weighted by molar-refractivity contribution is 0.628. The highest BCUT2D eigenvalue weighted by Crippen LogP contribution is 2.21. The van der Waals surface area contributed by atoms with Crippen molar-refractivity contribution < 1.29 is 4.39 Å². The van der Waals surface area contributed by atoms with Crippen molar-refractivity contribution in [1.29, 1.82) is 0 Å². The first-order valence-electron chi connectivity index (χ1n) is 6.23. The molecule has 0 unspecified atom stereocenters. The Hall–Kier alpha value is -2.34. The van der Waals surface area contributed by atoms with Crippen molar-refractivity contribution in [2.24, 2.45) is 0 Å². The molecule has 0 radical (unpaired) electrons. The molecule has 4 nitrogen and oxygen atoms in total. The Morgan fingerprint density at radius 1 is 0.905 bits per heavy atom. The van der Waals surface area contributed by atoms with E-state index in [2.05, 4.69) is 19.9 Å². The lowest BCUT2D eigenvalue weighted by Crippen LogP contribution is -1.99. The van der Waals surface area contributed by atoms with Crippen LogP contribution in [-0.4, -0.2) is 26.2 Å². The topological polar surface area (TPSA) is 51.6 Å². The predicted molar refractivity (Wildman–Crippen MR) is 80.2 cm³/mol. The smallest absolute Gasteiger partial charge is 0.191 e. The summed E-state index contributed by atoms with van der Waals surface area (Å²) in [5, 5.41) is 0.602. The minimum absolute atomic E-state index is 0.289. The second-order valence-corrected chi connectivity index (χ2v) is 4.96. The van der Waals surface area contributed by atoms with Crippen LogP contribution in [-0.2, 0) is 0 Å². The van der Waals surface area contributed by atoms with Gasteiger partial charge in [0.25, 0.3) is 0 Å². The minimum Gasteiger partial charge on any atom is -0.253 e. The van der Waals surface area contributed by atoms with E-state index in [0.717, 1.165) is 5.56 Å². The third-order valence-electron chi connectivity index (χ3n) is 2.79. The van der Waals surface area contributed by atoms with Crippen LogP contribution in [0, 0.1) is 5.82 Å². The van der Waals surface area contributed by atoms with Crippen LogP contribution < -0.4 is 0 Å². The summed E-state index contributed by atoms with van der Waals surface area (Å²) < 4.78 is 13.0. The molecule has 2 heterocycles. The first kappa shape index (κ1) is 13.6. The zero-order valence-electron chi connectivity index (χ0n) is 11.2. The number of aromatic nitrogens is 4. The number of thioether (sulfide) groups is 1. The van der Waals surface area contributed by atoms with Gasteiger partial charge in [-0.25, -0.2) is 19.3 Å². The number of hydrogen-bond donors (Lipinski definition) is 0. The fourth-order valence-corrected chi connectivity index (χ4v) is 2.14. The molecule has 0 saturated heterocycles. The number of benzene rings is 1. The van der Waals surface area contributed by atoms with Crippen LogP contribution in [0.4, 0.5) is 4.39 Å². The maximum atomic E-state index is 13.0. The number of pyridine rings is 1. The lowest BCUT2D eigenvalue weighted by Gasteiger charge is -2.05. The predicted octanol–water partition coefficient (Wildman–Crippen LogP) is 3.46. The van der Waals surface area contributed by atoms with Gasteiger partial charge in [-0.2, -0.15) is 0 Å². The van der Waals surface area contributed by atoms with Gasteiger partial charge in [0.2, 0.25) is 0 Å². The summed E-state index contributed by atoms with van der Waals surface area (Å²) in [6.07, 6.45) is 3.58. The van der Waals surface area contributed by atoms with Gasteiger partial charge in [0, 0.05) is 11.8 Å². The molecule has 0 atom stereocenters. The molecule has 0 N–H and O–H groups in total. The zero-order valence-corrected chi connectivity index (χ0v) is 12.0. The molecule has 0 aliphatic carbocycles. The maximum absolute atomic E-state index is 13.0. The monoisotopic (exact) mass is 298 g/mol. The fraction of sp³-hybridized carbons (Fsp3) is 0.0667. The van der Waals surface area contributed by atoms with E-state index in [-0.39, 0.29) is 5.82 Å². The van der Waals surface area contributed by atoms with Crippen LogP contribution in [0.25, 0.3) is 22.9 Å². The number of hydrogen-bond acceptors (Lipinski definition) is 5. The van der Waals surface area contributed by atoms with Gasteiger partial charge in [0.1, 0.15) is 11.5 Å². The molecular weight excluding hydrogens is 287 g/mol. The van der Waals surface area contributed by atoms with Crippen molar-refractivity contribution in [2.45, 2.75) is 5.16 Å². The Morgan fingerprint density at radius 2 is 1.67 bits per heavy atom. The lowest BCUT2D eigenvalue weighted by atomic mass is 10.2. The van der Waals surface area contributed by atoms with Gasteiger partial charge in [0.05, 0.1) is 0 Å². The molecule has 6 heteroatoms. The summed E-state index contributed by atoms with van der Waals surface area (Å²) in [6.45, 7) is 0. The van der Waals surface area contributed by atoms with Crippen LogP contribution in [0.1, 0.15) is 0 Å². The van der Waals surface area contributed by atoms with Gasteiger partial charge >= 0.3 is 0 Å². The highest BCUT2D eigenvalue weighted by Gasteiger charge is 2.10. The molecule has 0 bridgehead atoms. The second-order valence-electron chi connectivity index (χ2n) is 4.19. The van der Waals surface area contributed by atoms with Crippen LogP contribution in [0.3, 0.4) is 0 Å². The molecule has 104 valence electrons. The van der Waals surface area contributed by atoms with E-state index in [1.54, 1.807) is 18.3 Å². The molecule has 0 aliphatic rings. The van der Waals surface area contributed by atoms with Crippen molar-refractivity contribution in [3.05, 3.63) is 54.5 Å². The Balaban J connectivity index is 2.11. The molecule has 3 aromatic rings. The normalized spacial score (nSPS) is 10.6. The van der Waals surface area contributed by atoms with E-state index in [9.17, 15) is 4.39 Å². The number of nitrogens with zero attached hydrogens (tertiary/aromatic N) is 4. The third kappa shape index (κ3) is 3.05. The van der Waals surface area contributed by atoms with E-state index < -0.39 is 0 Å². The number of halogens is 1. The van der Waals surface area contributed by atoms with Crippen molar-refractivity contribution in [3.8, 4) is 22.9 Å². The van der Waals surface area contributed by atoms with E-state index in [0.29, 0.717) is 22.5 Å². The summed E-state index contributed by atoms with van der Waals surface area (Å²) in [5.41, 5.74) is 1.42. The van der Waals surface area contributed by atoms with Crippen LogP contribution in [0.15, 0.2) is 53.8 Å². The highest BCUT2D eigenvalue weighted by atomic mass is 32.2. The molecule has 0 saturated carbocycles. The fourth-order valence-electron chi connectivity index (χ4n) is 1.79. The van der Waals surface area contributed by atoms with Gasteiger partial charge in [-0.05, 0) is 42.7 Å². The number of rotatable bonds is 3. The van der Waals surface area contributed by atoms with Gasteiger partial charge < -0.3 is 0 Å². The molecule has 3 rings (SSSR count). The largest absolute Gasteiger partial charge is 0.253 e. The minimum atomic E-state index is -0.289. The first-order valence-corrected chi connectivity index (χ1v) is 7.46. The van der Waals surface area contributed by atoms with Crippen molar-refractivity contribution >= 4 is 11.8 Å². The SMILES string of the molecule is CSc1nc(-c2ccc(F)cc2)nc(-c2ccccn2)n1. The van der Waals surface area contributed by atoms with Crippen LogP contribution in [0.5, 0.6) is 0 Å². The molecule has 2 aromatic heterocycles. The molecule has 0 spiro atoms. The summed E-state index contributed by atoms with van der Waals surface area (Å²) in [4.78, 5) is 17.4.